The van der Waals surface area contributed by atoms with E-state index in [0.29, 0.717) is 11.7 Å². The normalized spacial score (nSPS) is 14.0. The van der Waals surface area contributed by atoms with Gasteiger partial charge in [0.1, 0.15) is 5.01 Å². The van der Waals surface area contributed by atoms with Crippen LogP contribution in [0.25, 0.3) is 21.5 Å². The molecule has 0 bridgehead atoms. The number of rotatable bonds is 6. The zero-order valence-electron chi connectivity index (χ0n) is 15.9. The summed E-state index contributed by atoms with van der Waals surface area (Å²) < 4.78 is 38.2. The van der Waals surface area contributed by atoms with Gasteiger partial charge in [-0.15, -0.1) is 10.2 Å². The molecule has 4 N–H and O–H groups in total. The second-order valence-electron chi connectivity index (χ2n) is 7.04. The summed E-state index contributed by atoms with van der Waals surface area (Å²) in [5.74, 6) is -0.129. The smallest absolute Gasteiger partial charge is 0.358 e. The number of halogens is 3. The second-order valence-corrected chi connectivity index (χ2v) is 8.02. The Morgan fingerprint density at radius 1 is 1.13 bits per heavy atom. The van der Waals surface area contributed by atoms with Gasteiger partial charge in [0.25, 0.3) is 0 Å². The number of hydrogen-bond donors (Lipinski definition) is 3. The third-order valence-electron chi connectivity index (χ3n) is 5.01. The van der Waals surface area contributed by atoms with E-state index in [4.69, 9.17) is 5.73 Å². The van der Waals surface area contributed by atoms with E-state index in [0.717, 1.165) is 39.2 Å². The van der Waals surface area contributed by atoms with Gasteiger partial charge in [-0.1, -0.05) is 30.4 Å². The van der Waals surface area contributed by atoms with Crippen LogP contribution < -0.4 is 11.1 Å². The van der Waals surface area contributed by atoms with Crippen molar-refractivity contribution in [2.75, 3.05) is 11.9 Å². The lowest BCUT2D eigenvalue weighted by Gasteiger charge is -2.21. The number of aromatic nitrogens is 4. The number of alkyl halides is 3. The molecule has 0 aliphatic rings. The minimum Gasteiger partial charge on any atom is -0.358 e. The first kappa shape index (κ1) is 20.3. The van der Waals surface area contributed by atoms with Crippen molar-refractivity contribution in [3.63, 3.8) is 0 Å². The summed E-state index contributed by atoms with van der Waals surface area (Å²) in [6.45, 7) is 2.30. The molecule has 0 saturated carbocycles. The van der Waals surface area contributed by atoms with Gasteiger partial charge in [0.15, 0.2) is 0 Å². The standard InChI is InChI=1S/C20H19F3N6S/c1-11(12-2-5-15(6-3-12)20(21,22)23)16(24)10-25-19-29-28-18(30-19)13-4-7-17-14(8-13)9-26-27-17/h2-9,11,16H,10,24H2,1H3,(H,25,29)(H,26,27). The number of anilines is 1. The third kappa shape index (κ3) is 4.29. The maximum absolute atomic E-state index is 12.7. The lowest BCUT2D eigenvalue weighted by atomic mass is 9.93. The number of fused-ring (bicyclic) bond motifs is 1. The number of nitrogens with one attached hydrogen (secondary N) is 2. The van der Waals surface area contributed by atoms with Gasteiger partial charge in [-0.25, -0.2) is 0 Å². The molecule has 0 spiro atoms. The number of nitrogens with zero attached hydrogens (tertiary/aromatic N) is 3. The van der Waals surface area contributed by atoms with E-state index in [9.17, 15) is 13.2 Å². The van der Waals surface area contributed by atoms with Crippen LogP contribution in [-0.4, -0.2) is 33.0 Å². The van der Waals surface area contributed by atoms with Crippen LogP contribution in [0.3, 0.4) is 0 Å². The Hall–Kier alpha value is -2.98. The van der Waals surface area contributed by atoms with Gasteiger partial charge >= 0.3 is 6.18 Å². The highest BCUT2D eigenvalue weighted by atomic mass is 32.1. The predicted octanol–water partition coefficient (Wildman–Crippen LogP) is 4.64. The molecule has 0 fully saturated rings. The van der Waals surface area contributed by atoms with E-state index in [1.165, 1.54) is 23.5 Å². The first-order valence-electron chi connectivity index (χ1n) is 9.25. The van der Waals surface area contributed by atoms with Crippen LogP contribution in [-0.2, 0) is 6.18 Å². The predicted molar refractivity (Wildman–Crippen MR) is 111 cm³/mol. The third-order valence-corrected chi connectivity index (χ3v) is 5.94. The topological polar surface area (TPSA) is 92.5 Å². The van der Waals surface area contributed by atoms with E-state index < -0.39 is 11.7 Å². The molecule has 30 heavy (non-hydrogen) atoms. The Bertz CT molecular complexity index is 1140. The van der Waals surface area contributed by atoms with Crippen molar-refractivity contribution in [1.82, 2.24) is 20.4 Å². The van der Waals surface area contributed by atoms with E-state index in [-0.39, 0.29) is 12.0 Å². The van der Waals surface area contributed by atoms with Crippen LogP contribution in [0.2, 0.25) is 0 Å². The molecule has 2 atom stereocenters. The SMILES string of the molecule is CC(c1ccc(C(F)(F)F)cc1)C(N)CNc1nnc(-c2ccc3[nH]ncc3c2)s1. The summed E-state index contributed by atoms with van der Waals surface area (Å²) in [5.41, 5.74) is 8.23. The van der Waals surface area contributed by atoms with Gasteiger partial charge in [-0.05, 0) is 41.8 Å². The molecule has 2 aromatic carbocycles. The summed E-state index contributed by atoms with van der Waals surface area (Å²) >= 11 is 1.41. The average Bonchev–Trinajstić information content (AvgIpc) is 3.39. The average molecular weight is 432 g/mol. The number of aromatic amines is 1. The highest BCUT2D eigenvalue weighted by Gasteiger charge is 2.30. The van der Waals surface area contributed by atoms with Crippen molar-refractivity contribution in [2.24, 2.45) is 5.73 Å². The van der Waals surface area contributed by atoms with Crippen LogP contribution in [0.4, 0.5) is 18.3 Å². The van der Waals surface area contributed by atoms with Crippen molar-refractivity contribution < 1.29 is 13.2 Å². The molecule has 4 aromatic rings. The summed E-state index contributed by atoms with van der Waals surface area (Å²) in [7, 11) is 0. The molecule has 156 valence electrons. The van der Waals surface area contributed by atoms with Crippen LogP contribution in [0.5, 0.6) is 0 Å². The molecule has 0 saturated heterocycles. The molecule has 0 aliphatic carbocycles. The fraction of sp³-hybridized carbons (Fsp3) is 0.250. The highest BCUT2D eigenvalue weighted by molar-refractivity contribution is 7.18. The fourth-order valence-corrected chi connectivity index (χ4v) is 3.84. The zero-order chi connectivity index (χ0) is 21.3. The molecule has 0 radical (unpaired) electrons. The number of benzene rings is 2. The Balaban J connectivity index is 1.38. The molecule has 0 amide bonds. The summed E-state index contributed by atoms with van der Waals surface area (Å²) in [6.07, 6.45) is -2.59. The molecule has 0 aliphatic heterocycles. The minimum atomic E-state index is -4.34. The van der Waals surface area contributed by atoms with Gasteiger partial charge in [-0.3, -0.25) is 5.10 Å². The summed E-state index contributed by atoms with van der Waals surface area (Å²) in [5, 5.41) is 20.9. The lowest BCUT2D eigenvalue weighted by molar-refractivity contribution is -0.137. The second kappa shape index (κ2) is 8.04. The molecular weight excluding hydrogens is 413 g/mol. The fourth-order valence-electron chi connectivity index (χ4n) is 3.09. The van der Waals surface area contributed by atoms with Crippen LogP contribution >= 0.6 is 11.3 Å². The number of nitrogens with two attached hydrogens (primary N) is 1. The van der Waals surface area contributed by atoms with E-state index >= 15 is 0 Å². The Morgan fingerprint density at radius 3 is 2.63 bits per heavy atom. The molecule has 2 aromatic heterocycles. The van der Waals surface area contributed by atoms with Gasteiger partial charge in [0.2, 0.25) is 5.13 Å². The number of hydrogen-bond acceptors (Lipinski definition) is 6. The van der Waals surface area contributed by atoms with Crippen molar-refractivity contribution >= 4 is 27.4 Å². The molecule has 4 rings (SSSR count). The molecular formula is C20H19F3N6S. The molecule has 2 heterocycles. The van der Waals surface area contributed by atoms with Crippen LogP contribution in [0, 0.1) is 0 Å². The highest BCUT2D eigenvalue weighted by Crippen LogP contribution is 2.31. The van der Waals surface area contributed by atoms with Crippen molar-refractivity contribution in [2.45, 2.75) is 25.1 Å². The Labute approximate surface area is 174 Å². The van der Waals surface area contributed by atoms with Crippen molar-refractivity contribution in [1.29, 1.82) is 0 Å². The quantitative estimate of drug-likeness (QED) is 0.413. The van der Waals surface area contributed by atoms with Crippen LogP contribution in [0.15, 0.2) is 48.7 Å². The molecule has 6 nitrogen and oxygen atoms in total. The van der Waals surface area contributed by atoms with Crippen molar-refractivity contribution in [3.05, 3.63) is 59.8 Å². The minimum absolute atomic E-state index is 0.129. The van der Waals surface area contributed by atoms with Crippen molar-refractivity contribution in [3.8, 4) is 10.6 Å². The maximum Gasteiger partial charge on any atom is 0.416 e. The van der Waals surface area contributed by atoms with Gasteiger partial charge in [0.05, 0.1) is 17.3 Å². The zero-order valence-corrected chi connectivity index (χ0v) is 16.8. The summed E-state index contributed by atoms with van der Waals surface area (Å²) in [4.78, 5) is 0. The van der Waals surface area contributed by atoms with E-state index in [1.807, 2.05) is 25.1 Å². The summed E-state index contributed by atoms with van der Waals surface area (Å²) in [6, 6.07) is 10.7. The monoisotopic (exact) mass is 432 g/mol. The van der Waals surface area contributed by atoms with E-state index in [1.54, 1.807) is 6.20 Å². The van der Waals surface area contributed by atoms with Gasteiger partial charge < -0.3 is 11.1 Å². The lowest BCUT2D eigenvalue weighted by Crippen LogP contribution is -2.34. The first-order valence-corrected chi connectivity index (χ1v) is 10.1. The Morgan fingerprint density at radius 2 is 1.90 bits per heavy atom. The van der Waals surface area contributed by atoms with Gasteiger partial charge in [0, 0.05) is 23.5 Å². The van der Waals surface area contributed by atoms with E-state index in [2.05, 4.69) is 25.7 Å². The van der Waals surface area contributed by atoms with Gasteiger partial charge in [-0.2, -0.15) is 18.3 Å². The number of H-pyrrole nitrogens is 1. The maximum atomic E-state index is 12.7. The first-order chi connectivity index (χ1) is 14.3. The molecule has 2 unspecified atom stereocenters. The Kier molecular flexibility index (Phi) is 5.44. The molecule has 10 heteroatoms. The largest absolute Gasteiger partial charge is 0.416 e. The van der Waals surface area contributed by atoms with Crippen LogP contribution in [0.1, 0.15) is 24.0 Å².